The number of hydrogen-bond acceptors (Lipinski definition) is 3. The Morgan fingerprint density at radius 2 is 1.76 bits per heavy atom. The van der Waals surface area contributed by atoms with E-state index in [9.17, 15) is 4.79 Å². The van der Waals surface area contributed by atoms with Crippen molar-refractivity contribution >= 4 is 17.7 Å². The fourth-order valence-corrected chi connectivity index (χ4v) is 3.91. The van der Waals surface area contributed by atoms with Gasteiger partial charge in [-0.2, -0.15) is 0 Å². The number of aryl methyl sites for hydroxylation is 1. The number of rotatable bonds is 8. The third kappa shape index (κ3) is 5.88. The van der Waals surface area contributed by atoms with Crippen molar-refractivity contribution in [3.8, 4) is 5.75 Å². The quantitative estimate of drug-likeness (QED) is 0.455. The van der Waals surface area contributed by atoms with Gasteiger partial charge in [0.2, 0.25) is 0 Å². The summed E-state index contributed by atoms with van der Waals surface area (Å²) in [6, 6.07) is 24.1. The lowest BCUT2D eigenvalue weighted by Crippen LogP contribution is -2.26. The summed E-state index contributed by atoms with van der Waals surface area (Å²) < 4.78 is 5.78. The van der Waals surface area contributed by atoms with Gasteiger partial charge in [-0.05, 0) is 56.7 Å². The van der Waals surface area contributed by atoms with Crippen molar-refractivity contribution in [2.24, 2.45) is 0 Å². The van der Waals surface area contributed by atoms with Gasteiger partial charge in [-0.15, -0.1) is 11.8 Å². The number of benzene rings is 3. The summed E-state index contributed by atoms with van der Waals surface area (Å²) >= 11 is 1.74. The minimum atomic E-state index is -0.0778. The molecule has 0 saturated heterocycles. The number of nitrogens with one attached hydrogen (secondary N) is 1. The lowest BCUT2D eigenvalue weighted by molar-refractivity contribution is 0.0939. The predicted octanol–water partition coefficient (Wildman–Crippen LogP) is 6.18. The minimum absolute atomic E-state index is 0.0550. The van der Waals surface area contributed by atoms with Crippen molar-refractivity contribution in [2.45, 2.75) is 37.5 Å². The molecule has 0 heterocycles. The maximum atomic E-state index is 12.8. The Labute approximate surface area is 177 Å². The van der Waals surface area contributed by atoms with Crippen LogP contribution in [0.1, 0.15) is 46.9 Å². The largest absolute Gasteiger partial charge is 0.494 e. The number of hydrogen-bond donors (Lipinski definition) is 1. The van der Waals surface area contributed by atoms with Crippen molar-refractivity contribution in [2.75, 3.05) is 6.61 Å². The molecule has 0 aliphatic carbocycles. The van der Waals surface area contributed by atoms with E-state index in [0.717, 1.165) is 22.6 Å². The molecule has 0 aromatic heterocycles. The van der Waals surface area contributed by atoms with Crippen LogP contribution < -0.4 is 10.1 Å². The molecule has 3 rings (SSSR count). The highest BCUT2D eigenvalue weighted by Crippen LogP contribution is 2.29. The molecule has 150 valence electrons. The van der Waals surface area contributed by atoms with E-state index in [1.54, 1.807) is 11.8 Å². The van der Waals surface area contributed by atoms with E-state index in [1.807, 2.05) is 62.4 Å². The standard InChI is InChI=1S/C25H27NO2S/c1-4-28-24-15-12-21(25(27)26-19(3)20-8-6-5-7-9-20)16-22(24)17-29-23-13-10-18(2)11-14-23/h5-16,19H,4,17H2,1-3H3,(H,26,27). The molecule has 0 fully saturated rings. The van der Waals surface area contributed by atoms with Gasteiger partial charge in [-0.25, -0.2) is 0 Å². The summed E-state index contributed by atoms with van der Waals surface area (Å²) in [5.74, 6) is 1.50. The number of carbonyl (C=O) groups is 1. The van der Waals surface area contributed by atoms with Crippen molar-refractivity contribution in [1.29, 1.82) is 0 Å². The van der Waals surface area contributed by atoms with Gasteiger partial charge in [0.25, 0.3) is 5.91 Å². The molecular weight excluding hydrogens is 378 g/mol. The maximum Gasteiger partial charge on any atom is 0.251 e. The van der Waals surface area contributed by atoms with Crippen LogP contribution in [-0.4, -0.2) is 12.5 Å². The minimum Gasteiger partial charge on any atom is -0.494 e. The first-order chi connectivity index (χ1) is 14.1. The van der Waals surface area contributed by atoms with Crippen LogP contribution in [0.15, 0.2) is 77.7 Å². The van der Waals surface area contributed by atoms with Gasteiger partial charge >= 0.3 is 0 Å². The highest BCUT2D eigenvalue weighted by molar-refractivity contribution is 7.98. The van der Waals surface area contributed by atoms with Crippen molar-refractivity contribution in [3.63, 3.8) is 0 Å². The molecule has 1 amide bonds. The average molecular weight is 406 g/mol. The summed E-state index contributed by atoms with van der Waals surface area (Å²) in [7, 11) is 0. The van der Waals surface area contributed by atoms with Gasteiger partial charge in [-0.1, -0.05) is 48.0 Å². The van der Waals surface area contributed by atoms with E-state index < -0.39 is 0 Å². The van der Waals surface area contributed by atoms with Crippen LogP contribution >= 0.6 is 11.8 Å². The van der Waals surface area contributed by atoms with E-state index in [-0.39, 0.29) is 11.9 Å². The first-order valence-corrected chi connectivity index (χ1v) is 10.9. The Morgan fingerprint density at radius 1 is 1.03 bits per heavy atom. The molecule has 1 unspecified atom stereocenters. The molecule has 4 heteroatoms. The molecular formula is C25H27NO2S. The van der Waals surface area contributed by atoms with Gasteiger partial charge in [0.05, 0.1) is 12.6 Å². The predicted molar refractivity (Wildman–Crippen MR) is 121 cm³/mol. The highest BCUT2D eigenvalue weighted by atomic mass is 32.2. The second-order valence-corrected chi connectivity index (χ2v) is 8.01. The second kappa shape index (κ2) is 10.2. The number of thioether (sulfide) groups is 1. The molecule has 0 aliphatic rings. The average Bonchev–Trinajstić information content (AvgIpc) is 2.75. The first-order valence-electron chi connectivity index (χ1n) is 9.88. The lowest BCUT2D eigenvalue weighted by atomic mass is 10.1. The van der Waals surface area contributed by atoms with Gasteiger partial charge < -0.3 is 10.1 Å². The third-order valence-corrected chi connectivity index (χ3v) is 5.75. The second-order valence-electron chi connectivity index (χ2n) is 6.96. The normalized spacial score (nSPS) is 11.7. The van der Waals surface area contributed by atoms with E-state index >= 15 is 0 Å². The maximum absolute atomic E-state index is 12.8. The van der Waals surface area contributed by atoms with Crippen LogP contribution in [0.25, 0.3) is 0 Å². The van der Waals surface area contributed by atoms with Crippen LogP contribution in [0, 0.1) is 6.92 Å². The van der Waals surface area contributed by atoms with Crippen LogP contribution in [0.5, 0.6) is 5.75 Å². The Morgan fingerprint density at radius 3 is 2.45 bits per heavy atom. The zero-order valence-electron chi connectivity index (χ0n) is 17.1. The number of carbonyl (C=O) groups excluding carboxylic acids is 1. The van der Waals surface area contributed by atoms with E-state index in [4.69, 9.17) is 4.74 Å². The molecule has 3 nitrogen and oxygen atoms in total. The summed E-state index contributed by atoms with van der Waals surface area (Å²) in [6.07, 6.45) is 0. The molecule has 0 aliphatic heterocycles. The van der Waals surface area contributed by atoms with Gasteiger partial charge in [0, 0.05) is 21.8 Å². The van der Waals surface area contributed by atoms with E-state index in [2.05, 4.69) is 36.5 Å². The van der Waals surface area contributed by atoms with Crippen LogP contribution in [0.2, 0.25) is 0 Å². The fourth-order valence-electron chi connectivity index (χ4n) is 3.03. The molecule has 1 atom stereocenters. The molecule has 0 bridgehead atoms. The first kappa shape index (κ1) is 21.0. The Balaban J connectivity index is 1.74. The summed E-state index contributed by atoms with van der Waals surface area (Å²) in [5.41, 5.74) is 4.01. The van der Waals surface area contributed by atoms with Gasteiger partial charge in [0.1, 0.15) is 5.75 Å². The number of amides is 1. The molecule has 29 heavy (non-hydrogen) atoms. The molecule has 3 aromatic carbocycles. The lowest BCUT2D eigenvalue weighted by Gasteiger charge is -2.16. The smallest absolute Gasteiger partial charge is 0.251 e. The van der Waals surface area contributed by atoms with Crippen LogP contribution in [0.4, 0.5) is 0 Å². The summed E-state index contributed by atoms with van der Waals surface area (Å²) in [5, 5.41) is 3.08. The molecule has 1 N–H and O–H groups in total. The SMILES string of the molecule is CCOc1ccc(C(=O)NC(C)c2ccccc2)cc1CSc1ccc(C)cc1. The van der Waals surface area contributed by atoms with Gasteiger partial charge in [-0.3, -0.25) is 4.79 Å². The number of ether oxygens (including phenoxy) is 1. The van der Waals surface area contributed by atoms with E-state index in [1.165, 1.54) is 10.5 Å². The zero-order valence-corrected chi connectivity index (χ0v) is 18.0. The van der Waals surface area contributed by atoms with Crippen LogP contribution in [-0.2, 0) is 5.75 Å². The Bertz CT molecular complexity index is 939. The monoisotopic (exact) mass is 405 g/mol. The van der Waals surface area contributed by atoms with E-state index in [0.29, 0.717) is 12.2 Å². The molecule has 3 aromatic rings. The van der Waals surface area contributed by atoms with Crippen LogP contribution in [0.3, 0.4) is 0 Å². The summed E-state index contributed by atoms with van der Waals surface area (Å²) in [4.78, 5) is 14.0. The summed E-state index contributed by atoms with van der Waals surface area (Å²) in [6.45, 7) is 6.65. The topological polar surface area (TPSA) is 38.3 Å². The third-order valence-electron chi connectivity index (χ3n) is 4.69. The highest BCUT2D eigenvalue weighted by Gasteiger charge is 2.14. The molecule has 0 spiro atoms. The Kier molecular flexibility index (Phi) is 7.36. The fraction of sp³-hybridized carbons (Fsp3) is 0.240. The van der Waals surface area contributed by atoms with Gasteiger partial charge in [0.15, 0.2) is 0 Å². The van der Waals surface area contributed by atoms with Crippen molar-refractivity contribution < 1.29 is 9.53 Å². The Hall–Kier alpha value is -2.72. The zero-order chi connectivity index (χ0) is 20.6. The van der Waals surface area contributed by atoms with Crippen molar-refractivity contribution in [1.82, 2.24) is 5.32 Å². The molecule has 0 radical (unpaired) electrons. The molecule has 0 saturated carbocycles. The van der Waals surface area contributed by atoms with Crippen molar-refractivity contribution in [3.05, 3.63) is 95.1 Å².